The molecular formula is C11H16F3N3O. The van der Waals surface area contributed by atoms with Gasteiger partial charge in [0, 0.05) is 17.7 Å². The summed E-state index contributed by atoms with van der Waals surface area (Å²) in [5, 5.41) is 0. The second kappa shape index (κ2) is 5.99. The first-order chi connectivity index (χ1) is 8.33. The van der Waals surface area contributed by atoms with Gasteiger partial charge >= 0.3 is 6.18 Å². The van der Waals surface area contributed by atoms with E-state index in [4.69, 9.17) is 5.73 Å². The molecular weight excluding hydrogens is 247 g/mol. The minimum atomic E-state index is -4.30. The number of halogens is 3. The Kier molecular flexibility index (Phi) is 4.89. The number of aromatic nitrogens is 2. The van der Waals surface area contributed by atoms with Gasteiger partial charge in [-0.3, -0.25) is 0 Å². The van der Waals surface area contributed by atoms with Crippen LogP contribution in [0.1, 0.15) is 24.0 Å². The van der Waals surface area contributed by atoms with Crippen molar-refractivity contribution in [1.29, 1.82) is 0 Å². The number of nitrogen functional groups attached to an aromatic ring is 1. The summed E-state index contributed by atoms with van der Waals surface area (Å²) in [6.45, 7) is 2.41. The Morgan fingerprint density at radius 3 is 2.44 bits per heavy atom. The van der Waals surface area contributed by atoms with E-state index >= 15 is 0 Å². The quantitative estimate of drug-likeness (QED) is 0.826. The summed E-state index contributed by atoms with van der Waals surface area (Å²) in [6.07, 6.45) is -3.37. The molecule has 1 rings (SSSR count). The minimum absolute atomic E-state index is 0.0795. The van der Waals surface area contributed by atoms with Gasteiger partial charge in [-0.05, 0) is 13.3 Å². The largest absolute Gasteiger partial charge is 0.411 e. The highest BCUT2D eigenvalue weighted by molar-refractivity contribution is 5.41. The van der Waals surface area contributed by atoms with Crippen LogP contribution in [-0.4, -0.2) is 29.4 Å². The molecule has 0 spiro atoms. The molecule has 0 aromatic carbocycles. The summed E-state index contributed by atoms with van der Waals surface area (Å²) in [4.78, 5) is 8.23. The van der Waals surface area contributed by atoms with Crippen LogP contribution in [0.15, 0.2) is 0 Å². The molecule has 0 atom stereocenters. The van der Waals surface area contributed by atoms with Crippen LogP contribution in [0.5, 0.6) is 0 Å². The highest BCUT2D eigenvalue weighted by Crippen LogP contribution is 2.15. The van der Waals surface area contributed by atoms with E-state index in [9.17, 15) is 13.2 Å². The smallest absolute Gasteiger partial charge is 0.383 e. The highest BCUT2D eigenvalue weighted by atomic mass is 19.4. The van der Waals surface area contributed by atoms with Gasteiger partial charge < -0.3 is 10.5 Å². The first-order valence-electron chi connectivity index (χ1n) is 5.60. The highest BCUT2D eigenvalue weighted by Gasteiger charge is 2.27. The topological polar surface area (TPSA) is 61.0 Å². The Hall–Kier alpha value is -1.37. The predicted molar refractivity (Wildman–Crippen MR) is 61.1 cm³/mol. The van der Waals surface area contributed by atoms with E-state index in [-0.39, 0.29) is 13.0 Å². The average molecular weight is 263 g/mol. The number of aryl methyl sites for hydroxylation is 1. The van der Waals surface area contributed by atoms with E-state index in [1.807, 2.05) is 6.92 Å². The van der Waals surface area contributed by atoms with Crippen molar-refractivity contribution in [2.45, 2.75) is 32.9 Å². The lowest BCUT2D eigenvalue weighted by molar-refractivity contribution is -0.173. The summed E-state index contributed by atoms with van der Waals surface area (Å²) in [7, 11) is 0. The van der Waals surface area contributed by atoms with Crippen LogP contribution in [0.3, 0.4) is 0 Å². The molecule has 0 aliphatic heterocycles. The second-order valence-corrected chi connectivity index (χ2v) is 3.86. The van der Waals surface area contributed by atoms with Gasteiger partial charge in [-0.2, -0.15) is 13.2 Å². The number of ether oxygens (including phenoxy) is 1. The fraction of sp³-hybridized carbons (Fsp3) is 0.636. The summed E-state index contributed by atoms with van der Waals surface area (Å²) < 4.78 is 40.0. The average Bonchev–Trinajstić information content (AvgIpc) is 2.23. The van der Waals surface area contributed by atoms with Crippen LogP contribution < -0.4 is 5.73 Å². The van der Waals surface area contributed by atoms with Crippen molar-refractivity contribution in [2.24, 2.45) is 0 Å². The number of hydrogen-bond donors (Lipinski definition) is 1. The van der Waals surface area contributed by atoms with Gasteiger partial charge in [-0.25, -0.2) is 9.97 Å². The molecule has 0 aliphatic rings. The van der Waals surface area contributed by atoms with Crippen molar-refractivity contribution in [2.75, 3.05) is 18.9 Å². The molecule has 0 fully saturated rings. The third kappa shape index (κ3) is 4.48. The fourth-order valence-electron chi connectivity index (χ4n) is 1.58. The van der Waals surface area contributed by atoms with Gasteiger partial charge in [0.15, 0.2) is 0 Å². The Bertz CT molecular complexity index is 384. The second-order valence-electron chi connectivity index (χ2n) is 3.86. The van der Waals surface area contributed by atoms with E-state index in [0.717, 1.165) is 17.7 Å². The monoisotopic (exact) mass is 263 g/mol. The molecule has 0 amide bonds. The van der Waals surface area contributed by atoms with Gasteiger partial charge in [-0.1, -0.05) is 6.92 Å². The van der Waals surface area contributed by atoms with E-state index in [2.05, 4.69) is 14.7 Å². The fourth-order valence-corrected chi connectivity index (χ4v) is 1.58. The van der Waals surface area contributed by atoms with Gasteiger partial charge in [-0.15, -0.1) is 0 Å². The standard InChI is InChI=1S/C11H16F3N3O/c1-3-8-7(2)16-9(17-10(8)15)4-5-18-6-11(12,13)14/h3-6H2,1-2H3,(H2,15,16,17). The van der Waals surface area contributed by atoms with E-state index < -0.39 is 12.8 Å². The molecule has 0 bridgehead atoms. The Balaban J connectivity index is 2.54. The predicted octanol–water partition coefficient (Wildman–Crippen LogP) is 2.05. The maximum Gasteiger partial charge on any atom is 0.411 e. The molecule has 0 saturated heterocycles. The first-order valence-corrected chi connectivity index (χ1v) is 5.60. The third-order valence-electron chi connectivity index (χ3n) is 2.38. The normalized spacial score (nSPS) is 11.8. The van der Waals surface area contributed by atoms with Crippen molar-refractivity contribution >= 4 is 5.82 Å². The number of alkyl halides is 3. The molecule has 1 aromatic heterocycles. The zero-order valence-electron chi connectivity index (χ0n) is 10.3. The third-order valence-corrected chi connectivity index (χ3v) is 2.38. The van der Waals surface area contributed by atoms with Crippen LogP contribution in [0.25, 0.3) is 0 Å². The number of anilines is 1. The molecule has 4 nitrogen and oxygen atoms in total. The lowest BCUT2D eigenvalue weighted by atomic mass is 10.1. The van der Waals surface area contributed by atoms with Crippen molar-refractivity contribution in [3.8, 4) is 0 Å². The Morgan fingerprint density at radius 1 is 1.28 bits per heavy atom. The molecule has 1 aromatic rings. The SMILES string of the molecule is CCc1c(C)nc(CCOCC(F)(F)F)nc1N. The summed E-state index contributed by atoms with van der Waals surface area (Å²) >= 11 is 0. The Morgan fingerprint density at radius 2 is 1.94 bits per heavy atom. The van der Waals surface area contributed by atoms with Gasteiger partial charge in [0.1, 0.15) is 18.2 Å². The van der Waals surface area contributed by atoms with Crippen molar-refractivity contribution in [3.63, 3.8) is 0 Å². The number of hydrogen-bond acceptors (Lipinski definition) is 4. The summed E-state index contributed by atoms with van der Waals surface area (Å²) in [5.41, 5.74) is 7.36. The maximum absolute atomic E-state index is 11.8. The van der Waals surface area contributed by atoms with Crippen LogP contribution in [0, 0.1) is 6.92 Å². The van der Waals surface area contributed by atoms with Crippen LogP contribution in [0.4, 0.5) is 19.0 Å². The van der Waals surface area contributed by atoms with Crippen LogP contribution >= 0.6 is 0 Å². The van der Waals surface area contributed by atoms with Crippen molar-refractivity contribution < 1.29 is 17.9 Å². The zero-order chi connectivity index (χ0) is 13.8. The van der Waals surface area contributed by atoms with Gasteiger partial charge in [0.25, 0.3) is 0 Å². The van der Waals surface area contributed by atoms with Crippen molar-refractivity contribution in [1.82, 2.24) is 9.97 Å². The van der Waals surface area contributed by atoms with E-state index in [1.165, 1.54) is 0 Å². The lowest BCUT2D eigenvalue weighted by Crippen LogP contribution is -2.18. The van der Waals surface area contributed by atoms with Gasteiger partial charge in [0.2, 0.25) is 0 Å². The van der Waals surface area contributed by atoms with Gasteiger partial charge in [0.05, 0.1) is 6.61 Å². The van der Waals surface area contributed by atoms with Crippen LogP contribution in [0.2, 0.25) is 0 Å². The molecule has 1 heterocycles. The van der Waals surface area contributed by atoms with Crippen LogP contribution in [-0.2, 0) is 17.6 Å². The molecule has 0 radical (unpaired) electrons. The summed E-state index contributed by atoms with van der Waals surface area (Å²) in [5.74, 6) is 0.792. The molecule has 102 valence electrons. The maximum atomic E-state index is 11.8. The lowest BCUT2D eigenvalue weighted by Gasteiger charge is -2.10. The molecule has 2 N–H and O–H groups in total. The van der Waals surface area contributed by atoms with E-state index in [0.29, 0.717) is 11.6 Å². The van der Waals surface area contributed by atoms with Crippen molar-refractivity contribution in [3.05, 3.63) is 17.1 Å². The van der Waals surface area contributed by atoms with E-state index in [1.54, 1.807) is 6.92 Å². The number of nitrogens with two attached hydrogens (primary N) is 1. The zero-order valence-corrected chi connectivity index (χ0v) is 10.3. The molecule has 0 unspecified atom stereocenters. The Labute approximate surface area is 103 Å². The molecule has 0 aliphatic carbocycles. The number of nitrogens with zero attached hydrogens (tertiary/aromatic N) is 2. The summed E-state index contributed by atoms with van der Waals surface area (Å²) in [6, 6.07) is 0. The minimum Gasteiger partial charge on any atom is -0.383 e. The molecule has 18 heavy (non-hydrogen) atoms. The number of rotatable bonds is 5. The molecule has 0 saturated carbocycles. The molecule has 7 heteroatoms. The first kappa shape index (κ1) is 14.7.